The number of rotatable bonds is 7. The lowest BCUT2D eigenvalue weighted by molar-refractivity contribution is -0.258. The van der Waals surface area contributed by atoms with E-state index < -0.39 is 32.6 Å². The summed E-state index contributed by atoms with van der Waals surface area (Å²) in [4.78, 5) is 11.8. The Labute approximate surface area is 179 Å². The van der Waals surface area contributed by atoms with E-state index in [1.807, 2.05) is 0 Å². The first-order valence-corrected chi connectivity index (χ1v) is 11.0. The molecule has 170 valence electrons. The molecule has 0 aromatic heterocycles. The van der Waals surface area contributed by atoms with Crippen LogP contribution in [0.4, 0.5) is 13.2 Å². The first kappa shape index (κ1) is 24.9. The van der Waals surface area contributed by atoms with Crippen molar-refractivity contribution in [1.82, 2.24) is 0 Å². The monoisotopic (exact) mass is 458 g/mol. The highest BCUT2D eigenvalue weighted by Gasteiger charge is 2.51. The van der Waals surface area contributed by atoms with E-state index in [0.29, 0.717) is 13.3 Å². The third kappa shape index (κ3) is 5.27. The second-order valence-electron chi connectivity index (χ2n) is 8.02. The minimum Gasteiger partial charge on any atom is -0.466 e. The maximum absolute atomic E-state index is 13.0. The number of carbonyl (C=O) groups is 1. The summed E-state index contributed by atoms with van der Waals surface area (Å²) in [6.45, 7) is 6.04. The van der Waals surface area contributed by atoms with Gasteiger partial charge in [-0.1, -0.05) is 24.3 Å². The molecule has 0 heterocycles. The molecule has 2 rings (SSSR count). The molecule has 2 aromatic carbocycles. The normalized spacial score (nSPS) is 14.7. The fourth-order valence-electron chi connectivity index (χ4n) is 2.95. The average Bonchev–Trinajstić information content (AvgIpc) is 2.67. The van der Waals surface area contributed by atoms with Gasteiger partial charge in [0.1, 0.15) is 0 Å². The largest absolute Gasteiger partial charge is 0.466 e. The third-order valence-electron chi connectivity index (χ3n) is 4.99. The molecule has 0 amide bonds. The van der Waals surface area contributed by atoms with Crippen molar-refractivity contribution in [3.63, 3.8) is 0 Å². The van der Waals surface area contributed by atoms with Crippen molar-refractivity contribution in [3.05, 3.63) is 59.7 Å². The second kappa shape index (κ2) is 8.63. The molecular weight excluding hydrogens is 433 g/mol. The molecule has 0 radical (unpaired) electrons. The van der Waals surface area contributed by atoms with Crippen molar-refractivity contribution in [3.8, 4) is 0 Å². The Kier molecular flexibility index (Phi) is 6.92. The average molecular weight is 458 g/mol. The summed E-state index contributed by atoms with van der Waals surface area (Å²) in [5.41, 5.74) is -3.62. The molecule has 0 bridgehead atoms. The highest BCUT2D eigenvalue weighted by Crippen LogP contribution is 2.38. The molecular formula is C22H25F3O5S. The fraction of sp³-hybridized carbons (Fsp3) is 0.409. The minimum absolute atomic E-state index is 0.0412. The number of aliphatic hydroxyl groups is 1. The van der Waals surface area contributed by atoms with Crippen molar-refractivity contribution in [2.45, 2.75) is 55.7 Å². The predicted octanol–water partition coefficient (Wildman–Crippen LogP) is 4.42. The van der Waals surface area contributed by atoms with Crippen molar-refractivity contribution in [2.24, 2.45) is 5.41 Å². The van der Waals surface area contributed by atoms with E-state index >= 15 is 0 Å². The van der Waals surface area contributed by atoms with Crippen LogP contribution in [0.5, 0.6) is 0 Å². The van der Waals surface area contributed by atoms with E-state index in [0.717, 1.165) is 29.8 Å². The summed E-state index contributed by atoms with van der Waals surface area (Å²) < 4.78 is 69.6. The van der Waals surface area contributed by atoms with E-state index in [1.165, 1.54) is 12.1 Å². The first-order valence-electron chi connectivity index (χ1n) is 9.54. The summed E-state index contributed by atoms with van der Waals surface area (Å²) in [5, 5.41) is 9.72. The predicted molar refractivity (Wildman–Crippen MR) is 108 cm³/mol. The Morgan fingerprint density at radius 3 is 1.81 bits per heavy atom. The molecule has 0 aliphatic rings. The van der Waals surface area contributed by atoms with Crippen LogP contribution in [0.15, 0.2) is 58.3 Å². The third-order valence-corrected chi connectivity index (χ3v) is 6.77. The number of carbonyl (C=O) groups excluding carboxylic acids is 1. The van der Waals surface area contributed by atoms with Crippen LogP contribution in [0.3, 0.4) is 0 Å². The second-order valence-corrected chi connectivity index (χ2v) is 9.97. The SMILES string of the molecule is CCOC(=O)C(C)(C)Cc1ccc(S(=O)(=O)c2ccc(C(C)(O)C(F)(F)F)cc2)cc1. The molecule has 31 heavy (non-hydrogen) atoms. The topological polar surface area (TPSA) is 80.7 Å². The number of hydrogen-bond donors (Lipinski definition) is 1. The Morgan fingerprint density at radius 1 is 0.935 bits per heavy atom. The van der Waals surface area contributed by atoms with Gasteiger partial charge in [-0.3, -0.25) is 4.79 Å². The van der Waals surface area contributed by atoms with Gasteiger partial charge in [-0.2, -0.15) is 13.2 Å². The van der Waals surface area contributed by atoms with Crippen LogP contribution in [-0.4, -0.2) is 32.3 Å². The van der Waals surface area contributed by atoms with E-state index in [2.05, 4.69) is 0 Å². The van der Waals surface area contributed by atoms with E-state index in [4.69, 9.17) is 4.74 Å². The number of esters is 1. The molecule has 0 spiro atoms. The lowest BCUT2D eigenvalue weighted by Gasteiger charge is -2.26. The number of benzene rings is 2. The first-order chi connectivity index (χ1) is 14.1. The van der Waals surface area contributed by atoms with E-state index in [1.54, 1.807) is 32.9 Å². The Balaban J connectivity index is 2.26. The number of ether oxygens (including phenoxy) is 1. The highest BCUT2D eigenvalue weighted by molar-refractivity contribution is 7.91. The number of alkyl halides is 3. The fourth-order valence-corrected chi connectivity index (χ4v) is 4.21. The van der Waals surface area contributed by atoms with Crippen LogP contribution >= 0.6 is 0 Å². The van der Waals surface area contributed by atoms with Gasteiger partial charge in [0, 0.05) is 0 Å². The highest BCUT2D eigenvalue weighted by atomic mass is 32.2. The van der Waals surface area contributed by atoms with Gasteiger partial charge in [-0.05, 0) is 69.5 Å². The van der Waals surface area contributed by atoms with Gasteiger partial charge in [0.15, 0.2) is 5.60 Å². The van der Waals surface area contributed by atoms with Gasteiger partial charge in [-0.25, -0.2) is 8.42 Å². The molecule has 1 unspecified atom stereocenters. The minimum atomic E-state index is -4.90. The van der Waals surface area contributed by atoms with Crippen molar-refractivity contribution in [2.75, 3.05) is 6.61 Å². The summed E-state index contributed by atoms with van der Waals surface area (Å²) in [6, 6.07) is 9.86. The Hall–Kier alpha value is -2.39. The molecule has 0 saturated carbocycles. The smallest absolute Gasteiger partial charge is 0.421 e. The van der Waals surface area contributed by atoms with Gasteiger partial charge in [-0.15, -0.1) is 0 Å². The van der Waals surface area contributed by atoms with Crippen LogP contribution in [-0.2, 0) is 31.4 Å². The van der Waals surface area contributed by atoms with Gasteiger partial charge < -0.3 is 9.84 Å². The van der Waals surface area contributed by atoms with Crippen molar-refractivity contribution < 1.29 is 36.2 Å². The van der Waals surface area contributed by atoms with Crippen LogP contribution in [0, 0.1) is 5.41 Å². The van der Waals surface area contributed by atoms with Crippen LogP contribution < -0.4 is 0 Å². The zero-order valence-electron chi connectivity index (χ0n) is 17.7. The molecule has 1 N–H and O–H groups in total. The molecule has 0 aliphatic heterocycles. The van der Waals surface area contributed by atoms with Gasteiger partial charge in [0.25, 0.3) is 0 Å². The lowest BCUT2D eigenvalue weighted by atomic mass is 9.86. The van der Waals surface area contributed by atoms with Gasteiger partial charge in [0.2, 0.25) is 9.84 Å². The maximum Gasteiger partial charge on any atom is 0.421 e. The molecule has 2 aromatic rings. The van der Waals surface area contributed by atoms with E-state index in [-0.39, 0.29) is 22.4 Å². The number of sulfone groups is 1. The zero-order chi connectivity index (χ0) is 23.7. The number of hydrogen-bond acceptors (Lipinski definition) is 5. The Morgan fingerprint density at radius 2 is 1.39 bits per heavy atom. The lowest BCUT2D eigenvalue weighted by Crippen LogP contribution is -2.39. The van der Waals surface area contributed by atoms with Crippen molar-refractivity contribution >= 4 is 15.8 Å². The summed E-state index contributed by atoms with van der Waals surface area (Å²) >= 11 is 0. The van der Waals surface area contributed by atoms with Crippen molar-refractivity contribution in [1.29, 1.82) is 0 Å². The summed E-state index contributed by atoms with van der Waals surface area (Å²) in [5.74, 6) is -0.360. The molecule has 0 saturated heterocycles. The van der Waals surface area contributed by atoms with Crippen LogP contribution in [0.1, 0.15) is 38.8 Å². The Bertz CT molecular complexity index is 1020. The van der Waals surface area contributed by atoms with Crippen LogP contribution in [0.25, 0.3) is 0 Å². The molecule has 1 atom stereocenters. The zero-order valence-corrected chi connectivity index (χ0v) is 18.5. The van der Waals surface area contributed by atoms with Gasteiger partial charge in [0.05, 0.1) is 21.8 Å². The maximum atomic E-state index is 13.0. The van der Waals surface area contributed by atoms with E-state index in [9.17, 15) is 31.5 Å². The summed E-state index contributed by atoms with van der Waals surface area (Å²) in [6.07, 6.45) is -4.56. The van der Waals surface area contributed by atoms with Crippen LogP contribution in [0.2, 0.25) is 0 Å². The molecule has 9 heteroatoms. The molecule has 0 aliphatic carbocycles. The molecule has 5 nitrogen and oxygen atoms in total. The quantitative estimate of drug-likeness (QED) is 0.622. The standard InChI is InChI=1S/C22H25F3O5S/c1-5-30-19(26)20(2,3)14-15-6-10-17(11-7-15)31(28,29)18-12-8-16(9-13-18)21(4,27)22(23,24)25/h6-13,27H,5,14H2,1-4H3. The number of halogens is 3. The molecule has 0 fully saturated rings. The van der Waals surface area contributed by atoms with Gasteiger partial charge >= 0.3 is 12.1 Å². The summed E-state index contributed by atoms with van der Waals surface area (Å²) in [7, 11) is -3.98.